The number of benzene rings is 2. The van der Waals surface area contributed by atoms with Gasteiger partial charge in [0.05, 0.1) is 53.2 Å². The molecule has 44 heavy (non-hydrogen) atoms. The Bertz CT molecular complexity index is 1770. The van der Waals surface area contributed by atoms with Gasteiger partial charge >= 0.3 is 6.18 Å². The summed E-state index contributed by atoms with van der Waals surface area (Å²) < 4.78 is 86.8. The number of rotatable bonds is 6. The molecular formula is C31H29F3N2O7S. The average molecular weight is 631 g/mol. The molecular weight excluding hydrogens is 601 g/mol. The summed E-state index contributed by atoms with van der Waals surface area (Å²) >= 11 is 0. The van der Waals surface area contributed by atoms with E-state index in [2.05, 4.69) is 5.32 Å². The van der Waals surface area contributed by atoms with Gasteiger partial charge in [0.2, 0.25) is 15.9 Å². The largest absolute Gasteiger partial charge is 0.493 e. The maximum Gasteiger partial charge on any atom is 0.416 e. The maximum absolute atomic E-state index is 14.0. The number of alkyl halides is 3. The Morgan fingerprint density at radius 2 is 2.02 bits per heavy atom. The highest BCUT2D eigenvalue weighted by molar-refractivity contribution is 7.89. The fourth-order valence-electron chi connectivity index (χ4n) is 7.83. The third-order valence-corrected chi connectivity index (χ3v) is 11.6. The first-order valence-electron chi connectivity index (χ1n) is 14.2. The third-order valence-electron chi connectivity index (χ3n) is 9.68. The number of furan rings is 1. The van der Waals surface area contributed by atoms with Crippen molar-refractivity contribution < 1.29 is 45.4 Å². The van der Waals surface area contributed by atoms with Crippen LogP contribution in [0.2, 0.25) is 0 Å². The van der Waals surface area contributed by atoms with E-state index < -0.39 is 55.9 Å². The van der Waals surface area contributed by atoms with E-state index in [0.29, 0.717) is 23.1 Å². The molecule has 2 aliphatic carbocycles. The number of ether oxygens (including phenoxy) is 2. The van der Waals surface area contributed by atoms with E-state index >= 15 is 0 Å². The molecule has 1 spiro atoms. The molecule has 2 fully saturated rings. The van der Waals surface area contributed by atoms with Crippen LogP contribution in [0.1, 0.15) is 41.5 Å². The lowest BCUT2D eigenvalue weighted by molar-refractivity contribution is -0.177. The zero-order valence-corrected chi connectivity index (χ0v) is 24.3. The van der Waals surface area contributed by atoms with Crippen LogP contribution in [0.4, 0.5) is 13.2 Å². The molecule has 1 saturated heterocycles. The lowest BCUT2D eigenvalue weighted by Gasteiger charge is -2.63. The molecule has 5 atom stereocenters. The minimum Gasteiger partial charge on any atom is -0.493 e. The molecule has 1 saturated carbocycles. The summed E-state index contributed by atoms with van der Waals surface area (Å²) in [5.74, 6) is 0.537. The van der Waals surface area contributed by atoms with Crippen LogP contribution >= 0.6 is 0 Å². The Balaban J connectivity index is 1.29. The van der Waals surface area contributed by atoms with Crippen molar-refractivity contribution in [3.05, 3.63) is 83.3 Å². The SMILES string of the molecule is COc1ccc2c3c1O[C@H]1[C@H](NC(=O)/C=C/c4ccoc4)CC[C@@]4(O)[C@@H](C2)N(S(=O)(=O)c2cccc(C(F)(F)F)c2)CC[C@]314. The maximum atomic E-state index is 14.0. The highest BCUT2D eigenvalue weighted by Crippen LogP contribution is 2.66. The number of nitrogens with one attached hydrogen (secondary N) is 1. The monoisotopic (exact) mass is 630 g/mol. The predicted octanol–water partition coefficient (Wildman–Crippen LogP) is 4.05. The minimum absolute atomic E-state index is 0.0669. The van der Waals surface area contributed by atoms with Crippen LogP contribution in [-0.2, 0) is 32.8 Å². The number of nitrogens with zero attached hydrogens (tertiary/aromatic N) is 1. The standard InChI is InChI=1S/C31H29F3N2O7S/c1-41-23-7-6-19-15-24-30(38)11-9-22(35-25(37)8-5-18-10-14-42-17-18)28-29(30,26(19)27(23)43-28)12-13-36(24)44(39,40)21-4-2-3-20(16-21)31(32,33)34/h2-8,10,14,16-17,22,24,28,38H,9,11-13,15H2,1H3,(H,35,37)/b8-5+/t22-,24-,28+,29+,30-/m1/s1. The van der Waals surface area contributed by atoms with Crippen LogP contribution in [0, 0.1) is 0 Å². The third kappa shape index (κ3) is 4.05. The Morgan fingerprint density at radius 3 is 2.75 bits per heavy atom. The number of hydrogen-bond acceptors (Lipinski definition) is 7. The van der Waals surface area contributed by atoms with Gasteiger partial charge in [0, 0.05) is 23.7 Å². The number of hydrogen-bond donors (Lipinski definition) is 2. The van der Waals surface area contributed by atoms with Crippen molar-refractivity contribution >= 4 is 22.0 Å². The molecule has 2 aromatic carbocycles. The molecule has 7 rings (SSSR count). The van der Waals surface area contributed by atoms with Gasteiger partial charge in [-0.15, -0.1) is 0 Å². The fraction of sp³-hybridized carbons (Fsp3) is 0.387. The van der Waals surface area contributed by atoms with Crippen molar-refractivity contribution in [2.24, 2.45) is 0 Å². The highest BCUT2D eigenvalue weighted by Gasteiger charge is 2.74. The molecule has 3 aromatic rings. The molecule has 2 N–H and O–H groups in total. The van der Waals surface area contributed by atoms with E-state index in [1.807, 2.05) is 6.07 Å². The van der Waals surface area contributed by atoms with Crippen LogP contribution in [0.5, 0.6) is 11.5 Å². The fourth-order valence-corrected chi connectivity index (χ4v) is 9.55. The first-order valence-corrected chi connectivity index (χ1v) is 15.6. The second-order valence-electron chi connectivity index (χ2n) is 11.7. The zero-order valence-electron chi connectivity index (χ0n) is 23.5. The number of methoxy groups -OCH3 is 1. The van der Waals surface area contributed by atoms with E-state index in [1.54, 1.807) is 18.2 Å². The molecule has 9 nitrogen and oxygen atoms in total. The van der Waals surface area contributed by atoms with Gasteiger partial charge in [-0.3, -0.25) is 4.79 Å². The van der Waals surface area contributed by atoms with E-state index in [1.165, 1.54) is 25.7 Å². The first-order chi connectivity index (χ1) is 20.9. The summed E-state index contributed by atoms with van der Waals surface area (Å²) in [6.45, 7) is -0.0669. The Hall–Kier alpha value is -3.81. The molecule has 2 bridgehead atoms. The molecule has 3 heterocycles. The summed E-state index contributed by atoms with van der Waals surface area (Å²) in [4.78, 5) is 12.5. The summed E-state index contributed by atoms with van der Waals surface area (Å²) in [5.41, 5.74) is -1.60. The van der Waals surface area contributed by atoms with Crippen molar-refractivity contribution in [3.8, 4) is 11.5 Å². The molecule has 0 radical (unpaired) electrons. The van der Waals surface area contributed by atoms with E-state index in [-0.39, 0.29) is 38.1 Å². The van der Waals surface area contributed by atoms with Gasteiger partial charge in [0.1, 0.15) is 6.10 Å². The van der Waals surface area contributed by atoms with Gasteiger partial charge in [0.15, 0.2) is 11.5 Å². The second kappa shape index (κ2) is 9.85. The number of piperidine rings is 1. The predicted molar refractivity (Wildman–Crippen MR) is 150 cm³/mol. The van der Waals surface area contributed by atoms with Crippen LogP contribution < -0.4 is 14.8 Å². The lowest BCUT2D eigenvalue weighted by Crippen LogP contribution is -2.78. The van der Waals surface area contributed by atoms with Crippen LogP contribution in [0.25, 0.3) is 6.08 Å². The van der Waals surface area contributed by atoms with Crippen molar-refractivity contribution in [1.82, 2.24) is 9.62 Å². The van der Waals surface area contributed by atoms with Gasteiger partial charge in [-0.1, -0.05) is 12.1 Å². The second-order valence-corrected chi connectivity index (χ2v) is 13.6. The van der Waals surface area contributed by atoms with E-state index in [9.17, 15) is 31.5 Å². The Morgan fingerprint density at radius 1 is 1.20 bits per heavy atom. The number of carbonyl (C=O) groups is 1. The smallest absolute Gasteiger partial charge is 0.416 e. The Kier molecular flexibility index (Phi) is 6.47. The van der Waals surface area contributed by atoms with Gasteiger partial charge < -0.3 is 24.3 Å². The van der Waals surface area contributed by atoms with Gasteiger partial charge in [-0.25, -0.2) is 8.42 Å². The Labute approximate surface area is 251 Å². The van der Waals surface area contributed by atoms with E-state index in [4.69, 9.17) is 13.9 Å². The molecule has 1 aromatic heterocycles. The highest BCUT2D eigenvalue weighted by atomic mass is 32.2. The van der Waals surface area contributed by atoms with Crippen LogP contribution in [0.3, 0.4) is 0 Å². The average Bonchev–Trinajstić information content (AvgIpc) is 3.63. The quantitative estimate of drug-likeness (QED) is 0.395. The zero-order chi connectivity index (χ0) is 31.1. The summed E-state index contributed by atoms with van der Waals surface area (Å²) in [7, 11) is -2.94. The van der Waals surface area contributed by atoms with Gasteiger partial charge in [0.25, 0.3) is 0 Å². The molecule has 2 aliphatic heterocycles. The number of halogens is 3. The number of sulfonamides is 1. The molecule has 0 unspecified atom stereocenters. The van der Waals surface area contributed by atoms with Crippen molar-refractivity contribution in [2.45, 2.75) is 66.0 Å². The number of carbonyl (C=O) groups excluding carboxylic acids is 1. The van der Waals surface area contributed by atoms with Crippen molar-refractivity contribution in [1.29, 1.82) is 0 Å². The van der Waals surface area contributed by atoms with Crippen LogP contribution in [0.15, 0.2) is 70.4 Å². The minimum atomic E-state index is -4.72. The molecule has 4 aliphatic rings. The lowest BCUT2D eigenvalue weighted by atomic mass is 9.48. The normalized spacial score (nSPS) is 29.2. The van der Waals surface area contributed by atoms with E-state index in [0.717, 1.165) is 33.6 Å². The van der Waals surface area contributed by atoms with Gasteiger partial charge in [-0.05, 0) is 67.7 Å². The molecule has 1 amide bonds. The van der Waals surface area contributed by atoms with Crippen molar-refractivity contribution in [3.63, 3.8) is 0 Å². The van der Waals surface area contributed by atoms with Gasteiger partial charge in [-0.2, -0.15) is 17.5 Å². The first kappa shape index (κ1) is 28.9. The summed E-state index contributed by atoms with van der Waals surface area (Å²) in [6, 6.07) is 7.39. The number of amides is 1. The van der Waals surface area contributed by atoms with Crippen LogP contribution in [-0.4, -0.2) is 61.2 Å². The van der Waals surface area contributed by atoms with Crippen molar-refractivity contribution in [2.75, 3.05) is 13.7 Å². The molecule has 232 valence electrons. The summed E-state index contributed by atoms with van der Waals surface area (Å²) in [6.07, 6.45) is 1.15. The molecule has 13 heteroatoms. The summed E-state index contributed by atoms with van der Waals surface area (Å²) in [5, 5.41) is 15.7. The number of aliphatic hydroxyl groups is 1. The topological polar surface area (TPSA) is 118 Å².